The predicted molar refractivity (Wildman–Crippen MR) is 116 cm³/mol. The van der Waals surface area contributed by atoms with Gasteiger partial charge in [-0.15, -0.1) is 0 Å². The second-order valence-corrected chi connectivity index (χ2v) is 8.83. The van der Waals surface area contributed by atoms with Crippen molar-refractivity contribution < 1.29 is 22.9 Å². The number of methoxy groups -OCH3 is 1. The van der Waals surface area contributed by atoms with Crippen LogP contribution in [0.4, 0.5) is 17.1 Å². The van der Waals surface area contributed by atoms with Gasteiger partial charge in [-0.05, 0) is 38.0 Å². The molecule has 9 nitrogen and oxygen atoms in total. The molecule has 0 unspecified atom stereocenters. The summed E-state index contributed by atoms with van der Waals surface area (Å²) in [6.07, 6.45) is 1.30. The lowest BCUT2D eigenvalue weighted by molar-refractivity contribution is -0.384. The highest BCUT2D eigenvalue weighted by atomic mass is 32.2. The van der Waals surface area contributed by atoms with Gasteiger partial charge in [0.15, 0.2) is 0 Å². The van der Waals surface area contributed by atoms with E-state index in [2.05, 4.69) is 5.32 Å². The second-order valence-electron chi connectivity index (χ2n) is 6.92. The average molecular weight is 436 g/mol. The number of aryl methyl sites for hydroxylation is 2. The lowest BCUT2D eigenvalue weighted by atomic mass is 10.1. The molecule has 30 heavy (non-hydrogen) atoms. The zero-order chi connectivity index (χ0) is 22.5. The molecule has 2 aromatic carbocycles. The largest absolute Gasteiger partial charge is 0.495 e. The van der Waals surface area contributed by atoms with E-state index in [0.717, 1.165) is 27.8 Å². The van der Waals surface area contributed by atoms with Crippen molar-refractivity contribution in [2.45, 2.75) is 26.7 Å². The molecule has 10 heteroatoms. The van der Waals surface area contributed by atoms with Crippen LogP contribution in [0.25, 0.3) is 0 Å². The van der Waals surface area contributed by atoms with Gasteiger partial charge in [0.05, 0.1) is 18.3 Å². The number of non-ortho nitro benzene ring substituents is 1. The predicted octanol–water partition coefficient (Wildman–Crippen LogP) is 3.41. The van der Waals surface area contributed by atoms with Gasteiger partial charge in [-0.2, -0.15) is 0 Å². The number of carbonyl (C=O) groups is 1. The molecule has 0 aliphatic carbocycles. The fraction of sp³-hybridized carbons (Fsp3) is 0.350. The summed E-state index contributed by atoms with van der Waals surface area (Å²) >= 11 is 0. The molecule has 1 N–H and O–H groups in total. The van der Waals surface area contributed by atoms with Crippen LogP contribution >= 0.6 is 0 Å². The molecule has 0 heterocycles. The quantitative estimate of drug-likeness (QED) is 0.476. The Morgan fingerprint density at radius 1 is 1.20 bits per heavy atom. The first-order chi connectivity index (χ1) is 14.0. The van der Waals surface area contributed by atoms with Crippen LogP contribution in [-0.4, -0.2) is 39.2 Å². The van der Waals surface area contributed by atoms with Gasteiger partial charge < -0.3 is 10.1 Å². The van der Waals surface area contributed by atoms with Gasteiger partial charge in [0.2, 0.25) is 15.9 Å². The van der Waals surface area contributed by atoms with E-state index in [-0.39, 0.29) is 42.4 Å². The fourth-order valence-corrected chi connectivity index (χ4v) is 3.96. The summed E-state index contributed by atoms with van der Waals surface area (Å²) < 4.78 is 30.8. The van der Waals surface area contributed by atoms with Crippen molar-refractivity contribution >= 4 is 33.0 Å². The maximum absolute atomic E-state index is 12.3. The Bertz CT molecular complexity index is 1050. The van der Waals surface area contributed by atoms with Gasteiger partial charge in [0.25, 0.3) is 5.69 Å². The number of nitro benzene ring substituents is 1. The third kappa shape index (κ3) is 5.93. The maximum Gasteiger partial charge on any atom is 0.271 e. The molecule has 0 saturated heterocycles. The number of hydrogen-bond donors (Lipinski definition) is 1. The standard InChI is InChI=1S/C20H25N3O6S/c1-14-7-9-17(15(2)12-14)21-20(24)6-5-11-22(30(4,27)28)18-13-16(23(25)26)8-10-19(18)29-3/h7-10,12-13H,5-6,11H2,1-4H3,(H,21,24). The third-order valence-electron chi connectivity index (χ3n) is 4.46. The van der Waals surface area contributed by atoms with Crippen LogP contribution in [-0.2, 0) is 14.8 Å². The van der Waals surface area contributed by atoms with Crippen LogP contribution in [0.5, 0.6) is 5.75 Å². The summed E-state index contributed by atoms with van der Waals surface area (Å²) in [5.41, 5.74) is 2.52. The Kier molecular flexibility index (Phi) is 7.38. The van der Waals surface area contributed by atoms with E-state index in [9.17, 15) is 23.3 Å². The van der Waals surface area contributed by atoms with Crippen LogP contribution < -0.4 is 14.4 Å². The molecular formula is C20H25N3O6S. The Morgan fingerprint density at radius 2 is 1.90 bits per heavy atom. The first kappa shape index (κ1) is 23.1. The van der Waals surface area contributed by atoms with E-state index < -0.39 is 14.9 Å². The van der Waals surface area contributed by atoms with E-state index in [0.29, 0.717) is 5.69 Å². The molecule has 2 rings (SSSR count). The number of carbonyl (C=O) groups excluding carboxylic acids is 1. The highest BCUT2D eigenvalue weighted by molar-refractivity contribution is 7.92. The zero-order valence-electron chi connectivity index (χ0n) is 17.3. The van der Waals surface area contributed by atoms with Gasteiger partial charge in [-0.1, -0.05) is 17.7 Å². The third-order valence-corrected chi connectivity index (χ3v) is 5.64. The number of benzene rings is 2. The minimum atomic E-state index is -3.76. The van der Waals surface area contributed by atoms with Crippen LogP contribution in [0.15, 0.2) is 36.4 Å². The van der Waals surface area contributed by atoms with E-state index >= 15 is 0 Å². The summed E-state index contributed by atoms with van der Waals surface area (Å²) in [6.45, 7) is 3.82. The average Bonchev–Trinajstić information content (AvgIpc) is 2.66. The van der Waals surface area contributed by atoms with Crippen molar-refractivity contribution in [3.8, 4) is 5.75 Å². The number of sulfonamides is 1. The molecule has 0 aliphatic heterocycles. The van der Waals surface area contributed by atoms with Crippen molar-refractivity contribution in [2.75, 3.05) is 29.5 Å². The van der Waals surface area contributed by atoms with Crippen LogP contribution in [0, 0.1) is 24.0 Å². The fourth-order valence-electron chi connectivity index (χ4n) is 3.00. The number of hydrogen-bond acceptors (Lipinski definition) is 6. The van der Waals surface area contributed by atoms with Gasteiger partial charge in [0.1, 0.15) is 11.4 Å². The first-order valence-electron chi connectivity index (χ1n) is 9.20. The molecule has 0 aromatic heterocycles. The van der Waals surface area contributed by atoms with Crippen LogP contribution in [0.1, 0.15) is 24.0 Å². The molecule has 0 aliphatic rings. The highest BCUT2D eigenvalue weighted by Gasteiger charge is 2.24. The number of nitrogens with zero attached hydrogens (tertiary/aromatic N) is 2. The summed E-state index contributed by atoms with van der Waals surface area (Å²) in [4.78, 5) is 22.8. The molecule has 2 aromatic rings. The van der Waals surface area contributed by atoms with Crippen molar-refractivity contribution in [2.24, 2.45) is 0 Å². The lowest BCUT2D eigenvalue weighted by Gasteiger charge is -2.24. The van der Waals surface area contributed by atoms with Gasteiger partial charge in [-0.25, -0.2) is 8.42 Å². The summed E-state index contributed by atoms with van der Waals surface area (Å²) in [7, 11) is -2.41. The zero-order valence-corrected chi connectivity index (χ0v) is 18.2. The Morgan fingerprint density at radius 3 is 2.47 bits per heavy atom. The summed E-state index contributed by atoms with van der Waals surface area (Å²) in [5, 5.41) is 13.9. The topological polar surface area (TPSA) is 119 Å². The monoisotopic (exact) mass is 435 g/mol. The Labute approximate surface area is 175 Å². The molecule has 0 spiro atoms. The van der Waals surface area contributed by atoms with Crippen LogP contribution in [0.2, 0.25) is 0 Å². The molecule has 0 fully saturated rings. The van der Waals surface area contributed by atoms with Crippen molar-refractivity contribution in [3.63, 3.8) is 0 Å². The molecule has 0 radical (unpaired) electrons. The van der Waals surface area contributed by atoms with Crippen molar-refractivity contribution in [1.29, 1.82) is 0 Å². The molecule has 0 bridgehead atoms. The van der Waals surface area contributed by atoms with Gasteiger partial charge in [0, 0.05) is 30.8 Å². The SMILES string of the molecule is COc1ccc([N+](=O)[O-])cc1N(CCCC(=O)Nc1ccc(C)cc1C)S(C)(=O)=O. The number of nitrogens with one attached hydrogen (secondary N) is 1. The smallest absolute Gasteiger partial charge is 0.271 e. The van der Waals surface area contributed by atoms with Crippen molar-refractivity contribution in [3.05, 3.63) is 57.6 Å². The van der Waals surface area contributed by atoms with Crippen molar-refractivity contribution in [1.82, 2.24) is 0 Å². The Hall–Kier alpha value is -3.14. The van der Waals surface area contributed by atoms with E-state index in [4.69, 9.17) is 4.74 Å². The van der Waals surface area contributed by atoms with Crippen LogP contribution in [0.3, 0.4) is 0 Å². The molecule has 0 saturated carbocycles. The number of amides is 1. The number of nitro groups is 1. The minimum absolute atomic E-state index is 0.0311. The minimum Gasteiger partial charge on any atom is -0.495 e. The number of rotatable bonds is 9. The normalized spacial score (nSPS) is 11.1. The van der Waals surface area contributed by atoms with E-state index in [1.165, 1.54) is 19.2 Å². The van der Waals surface area contributed by atoms with Gasteiger partial charge >= 0.3 is 0 Å². The molecule has 0 atom stereocenters. The molecule has 162 valence electrons. The number of ether oxygens (including phenoxy) is 1. The van der Waals surface area contributed by atoms with E-state index in [1.54, 1.807) is 0 Å². The summed E-state index contributed by atoms with van der Waals surface area (Å²) in [6, 6.07) is 9.39. The lowest BCUT2D eigenvalue weighted by Crippen LogP contribution is -2.32. The maximum atomic E-state index is 12.3. The molecule has 1 amide bonds. The van der Waals surface area contributed by atoms with E-state index in [1.807, 2.05) is 32.0 Å². The highest BCUT2D eigenvalue weighted by Crippen LogP contribution is 2.33. The summed E-state index contributed by atoms with van der Waals surface area (Å²) in [5.74, 6) is -0.0628. The Balaban J connectivity index is 2.14. The second kappa shape index (κ2) is 9.57. The molecular weight excluding hydrogens is 410 g/mol. The number of anilines is 2. The van der Waals surface area contributed by atoms with Gasteiger partial charge in [-0.3, -0.25) is 19.2 Å². The first-order valence-corrected chi connectivity index (χ1v) is 11.0.